The number of esters is 1. The highest BCUT2D eigenvalue weighted by atomic mass is 28.3. The largest absolute Gasteiger partial charge is 0.493 e. The van der Waals surface area contributed by atoms with E-state index in [4.69, 9.17) is 14.2 Å². The highest BCUT2D eigenvalue weighted by molar-refractivity contribution is 6.76. The summed E-state index contributed by atoms with van der Waals surface area (Å²) in [4.78, 5) is 22.6. The maximum atomic E-state index is 12.1. The molecule has 0 unspecified atom stereocenters. The molecule has 0 aromatic heterocycles. The quantitative estimate of drug-likeness (QED) is 0.331. The number of ether oxygens (including phenoxy) is 3. The molecule has 0 fully saturated rings. The van der Waals surface area contributed by atoms with Gasteiger partial charge < -0.3 is 14.2 Å². The molecule has 1 rings (SSSR count). The molecule has 0 aliphatic carbocycles. The van der Waals surface area contributed by atoms with Gasteiger partial charge in [-0.25, -0.2) is 4.79 Å². The number of methoxy groups -OCH3 is 2. The Kier molecular flexibility index (Phi) is 5.92. The molecule has 0 saturated carbocycles. The minimum Gasteiger partial charge on any atom is -0.493 e. The fourth-order valence-electron chi connectivity index (χ4n) is 1.71. The SMILES string of the molecule is COc1cc(C(=O)OCC[Si](C)(C)C)c([N+](=O)[O-])cc1OC. The molecule has 0 atom stereocenters. The first-order valence-electron chi connectivity index (χ1n) is 6.77. The predicted octanol–water partition coefficient (Wildman–Crippen LogP) is 3.11. The number of carbonyl (C=O) groups excluding carboxylic acids is 1. The van der Waals surface area contributed by atoms with Gasteiger partial charge in [0.2, 0.25) is 0 Å². The van der Waals surface area contributed by atoms with Crippen molar-refractivity contribution in [1.29, 1.82) is 0 Å². The second-order valence-corrected chi connectivity index (χ2v) is 11.5. The van der Waals surface area contributed by atoms with E-state index in [9.17, 15) is 14.9 Å². The lowest BCUT2D eigenvalue weighted by atomic mass is 10.1. The zero-order chi connectivity index (χ0) is 16.9. The molecule has 7 nitrogen and oxygen atoms in total. The maximum Gasteiger partial charge on any atom is 0.345 e. The van der Waals surface area contributed by atoms with Crippen LogP contribution < -0.4 is 9.47 Å². The summed E-state index contributed by atoms with van der Waals surface area (Å²) in [5.41, 5.74) is -0.506. The van der Waals surface area contributed by atoms with Crippen molar-refractivity contribution in [3.05, 3.63) is 27.8 Å². The molecule has 22 heavy (non-hydrogen) atoms. The fourth-order valence-corrected chi connectivity index (χ4v) is 2.42. The van der Waals surface area contributed by atoms with Crippen molar-refractivity contribution in [2.75, 3.05) is 20.8 Å². The molecular formula is C14H21NO6Si. The van der Waals surface area contributed by atoms with Crippen LogP contribution in [-0.4, -0.2) is 39.8 Å². The number of benzene rings is 1. The third-order valence-electron chi connectivity index (χ3n) is 3.00. The summed E-state index contributed by atoms with van der Waals surface area (Å²) in [6, 6.07) is 3.22. The van der Waals surface area contributed by atoms with E-state index in [0.29, 0.717) is 0 Å². The number of nitro groups is 1. The number of hydrogen-bond acceptors (Lipinski definition) is 6. The predicted molar refractivity (Wildman–Crippen MR) is 84.6 cm³/mol. The Morgan fingerprint density at radius 2 is 1.73 bits per heavy atom. The number of rotatable bonds is 7. The topological polar surface area (TPSA) is 87.9 Å². The second-order valence-electron chi connectivity index (χ2n) is 5.93. The van der Waals surface area contributed by atoms with Gasteiger partial charge in [0.05, 0.1) is 31.8 Å². The monoisotopic (exact) mass is 327 g/mol. The molecule has 0 amide bonds. The van der Waals surface area contributed by atoms with E-state index in [0.717, 1.165) is 12.1 Å². The van der Waals surface area contributed by atoms with E-state index in [-0.39, 0.29) is 29.4 Å². The standard InChI is InChI=1S/C14H21NO6Si/c1-19-12-8-10(11(15(17)18)9-13(12)20-2)14(16)21-6-7-22(3,4)5/h8-9H,6-7H2,1-5H3. The van der Waals surface area contributed by atoms with Crippen LogP contribution >= 0.6 is 0 Å². The van der Waals surface area contributed by atoms with Crippen LogP contribution in [0.25, 0.3) is 0 Å². The number of nitrogens with zero attached hydrogens (tertiary/aromatic N) is 1. The summed E-state index contributed by atoms with van der Waals surface area (Å²) in [6.45, 7) is 6.71. The number of carbonyl (C=O) groups is 1. The average Bonchev–Trinajstić information content (AvgIpc) is 2.44. The lowest BCUT2D eigenvalue weighted by molar-refractivity contribution is -0.385. The lowest BCUT2D eigenvalue weighted by Gasteiger charge is -2.15. The summed E-state index contributed by atoms with van der Waals surface area (Å²) in [5.74, 6) is -0.302. The van der Waals surface area contributed by atoms with Gasteiger partial charge in [-0.15, -0.1) is 0 Å². The average molecular weight is 327 g/mol. The highest BCUT2D eigenvalue weighted by Crippen LogP contribution is 2.34. The summed E-state index contributed by atoms with van der Waals surface area (Å²) >= 11 is 0. The van der Waals surface area contributed by atoms with Gasteiger partial charge in [-0.05, 0) is 6.04 Å². The third-order valence-corrected chi connectivity index (χ3v) is 4.71. The molecule has 0 heterocycles. The first-order valence-corrected chi connectivity index (χ1v) is 10.5. The lowest BCUT2D eigenvalue weighted by Crippen LogP contribution is -2.23. The van der Waals surface area contributed by atoms with Crippen LogP contribution in [0.15, 0.2) is 12.1 Å². The Morgan fingerprint density at radius 3 is 2.18 bits per heavy atom. The Bertz CT molecular complexity index is 567. The molecule has 1 aromatic rings. The van der Waals surface area contributed by atoms with E-state index in [1.165, 1.54) is 20.3 Å². The van der Waals surface area contributed by atoms with Crippen LogP contribution in [-0.2, 0) is 4.74 Å². The number of nitro benzene ring substituents is 1. The Balaban J connectivity index is 3.05. The Hall–Kier alpha value is -2.09. The second kappa shape index (κ2) is 7.26. The van der Waals surface area contributed by atoms with Crippen molar-refractivity contribution in [2.45, 2.75) is 25.7 Å². The van der Waals surface area contributed by atoms with Crippen LogP contribution in [0.1, 0.15) is 10.4 Å². The summed E-state index contributed by atoms with van der Waals surface area (Å²) < 4.78 is 15.2. The first kappa shape index (κ1) is 18.0. The van der Waals surface area contributed by atoms with Crippen molar-refractivity contribution in [3.63, 3.8) is 0 Å². The fraction of sp³-hybridized carbons (Fsp3) is 0.500. The molecule has 0 aliphatic rings. The molecule has 0 aliphatic heterocycles. The maximum absolute atomic E-state index is 12.1. The van der Waals surface area contributed by atoms with Gasteiger partial charge in [0, 0.05) is 14.1 Å². The van der Waals surface area contributed by atoms with Gasteiger partial charge in [-0.2, -0.15) is 0 Å². The van der Waals surface area contributed by atoms with Gasteiger partial charge in [0.15, 0.2) is 11.5 Å². The zero-order valence-corrected chi connectivity index (χ0v) is 14.5. The molecule has 0 spiro atoms. The van der Waals surface area contributed by atoms with Crippen molar-refractivity contribution in [1.82, 2.24) is 0 Å². The van der Waals surface area contributed by atoms with Gasteiger partial charge >= 0.3 is 5.97 Å². The first-order chi connectivity index (χ1) is 10.2. The zero-order valence-electron chi connectivity index (χ0n) is 13.5. The molecule has 0 N–H and O–H groups in total. The van der Waals surface area contributed by atoms with Gasteiger partial charge in [0.25, 0.3) is 5.69 Å². The van der Waals surface area contributed by atoms with Crippen LogP contribution in [0.5, 0.6) is 11.5 Å². The smallest absolute Gasteiger partial charge is 0.345 e. The molecule has 1 aromatic carbocycles. The molecule has 8 heteroatoms. The molecule has 0 radical (unpaired) electrons. The minimum absolute atomic E-state index is 0.141. The summed E-state index contributed by atoms with van der Waals surface area (Å²) in [7, 11) is 1.41. The summed E-state index contributed by atoms with van der Waals surface area (Å²) in [5, 5.41) is 11.1. The van der Waals surface area contributed by atoms with Crippen molar-refractivity contribution < 1.29 is 23.9 Å². The van der Waals surface area contributed by atoms with Crippen molar-refractivity contribution in [2.24, 2.45) is 0 Å². The van der Waals surface area contributed by atoms with Crippen molar-refractivity contribution in [3.8, 4) is 11.5 Å². The van der Waals surface area contributed by atoms with Gasteiger partial charge in [-0.1, -0.05) is 19.6 Å². The van der Waals surface area contributed by atoms with Crippen LogP contribution in [0.4, 0.5) is 5.69 Å². The molecule has 0 bridgehead atoms. The Labute approximate surface area is 130 Å². The van der Waals surface area contributed by atoms with E-state index in [1.54, 1.807) is 0 Å². The third kappa shape index (κ3) is 4.73. The molecule has 122 valence electrons. The summed E-state index contributed by atoms with van der Waals surface area (Å²) in [6.07, 6.45) is 0. The molecular weight excluding hydrogens is 306 g/mol. The normalized spacial score (nSPS) is 11.0. The van der Waals surface area contributed by atoms with Crippen LogP contribution in [0.2, 0.25) is 25.7 Å². The molecule has 0 saturated heterocycles. The van der Waals surface area contributed by atoms with E-state index in [2.05, 4.69) is 19.6 Å². The minimum atomic E-state index is -1.35. The van der Waals surface area contributed by atoms with Crippen LogP contribution in [0, 0.1) is 10.1 Å². The van der Waals surface area contributed by atoms with E-state index in [1.807, 2.05) is 0 Å². The van der Waals surface area contributed by atoms with Gasteiger partial charge in [0.1, 0.15) is 5.56 Å². The van der Waals surface area contributed by atoms with E-state index >= 15 is 0 Å². The van der Waals surface area contributed by atoms with Gasteiger partial charge in [-0.3, -0.25) is 10.1 Å². The Morgan fingerprint density at radius 1 is 1.18 bits per heavy atom. The van der Waals surface area contributed by atoms with Crippen molar-refractivity contribution >= 4 is 19.7 Å². The highest BCUT2D eigenvalue weighted by Gasteiger charge is 2.26. The van der Waals surface area contributed by atoms with E-state index < -0.39 is 19.0 Å². The number of hydrogen-bond donors (Lipinski definition) is 0. The van der Waals surface area contributed by atoms with Crippen LogP contribution in [0.3, 0.4) is 0 Å².